The van der Waals surface area contributed by atoms with Gasteiger partial charge in [-0.25, -0.2) is 28.4 Å². The minimum atomic E-state index is -4.81. The molecule has 2 fully saturated rings. The van der Waals surface area contributed by atoms with Crippen molar-refractivity contribution in [3.05, 3.63) is 36.3 Å². The fourth-order valence-corrected chi connectivity index (χ4v) is 4.83. The molecular weight excluding hydrogens is 489 g/mol. The van der Waals surface area contributed by atoms with Crippen molar-refractivity contribution in [2.45, 2.75) is 45.1 Å². The monoisotopic (exact) mass is 511 g/mol. The number of rotatable bonds is 6. The number of fused-ring (bicyclic) bond motifs is 1. The van der Waals surface area contributed by atoms with Crippen molar-refractivity contribution >= 4 is 22.9 Å². The van der Waals surface area contributed by atoms with Gasteiger partial charge in [0, 0.05) is 50.3 Å². The Hall–Kier alpha value is -3.58. The zero-order valence-electron chi connectivity index (χ0n) is 19.0. The minimum absolute atomic E-state index is 0.0174. The summed E-state index contributed by atoms with van der Waals surface area (Å²) in [5, 5.41) is 3.94. The van der Waals surface area contributed by atoms with Gasteiger partial charge in [0.05, 0.1) is 12.4 Å². The van der Waals surface area contributed by atoms with Crippen LogP contribution in [0.1, 0.15) is 24.8 Å². The molecule has 0 atom stereocenters. The molecule has 0 N–H and O–H groups in total. The number of likely N-dealkylation sites (tertiary alicyclic amines) is 1. The number of halogens is 5. The number of pyridine rings is 1. The van der Waals surface area contributed by atoms with Crippen LogP contribution in [0, 0.1) is 5.41 Å². The van der Waals surface area contributed by atoms with Gasteiger partial charge in [-0.3, -0.25) is 4.79 Å². The lowest BCUT2D eigenvalue weighted by Crippen LogP contribution is -2.42. The first kappa shape index (κ1) is 24.1. The molecule has 2 saturated heterocycles. The largest absolute Gasteiger partial charge is 0.574 e. The molecule has 3 aromatic heterocycles. The van der Waals surface area contributed by atoms with Gasteiger partial charge >= 0.3 is 6.36 Å². The lowest BCUT2D eigenvalue weighted by Gasteiger charge is -2.39. The van der Waals surface area contributed by atoms with Crippen molar-refractivity contribution in [1.29, 1.82) is 0 Å². The highest BCUT2D eigenvalue weighted by Gasteiger charge is 2.45. The van der Waals surface area contributed by atoms with Crippen LogP contribution in [0.4, 0.5) is 27.8 Å². The molecular formula is C22H22F5N7O2. The average molecular weight is 511 g/mol. The normalized spacial score (nSPS) is 18.1. The molecule has 0 aromatic carbocycles. The Morgan fingerprint density at radius 2 is 1.86 bits per heavy atom. The van der Waals surface area contributed by atoms with Gasteiger partial charge in [0.15, 0.2) is 5.65 Å². The summed E-state index contributed by atoms with van der Waals surface area (Å²) in [6.45, 7) is 1.47. The SMILES string of the molecule is O=C1CC2(CCN(c3cnc4cnn(CC(F)F)c4n3)CC2)CN1Cc1ccc(OC(F)(F)F)nc1. The van der Waals surface area contributed by atoms with E-state index in [1.807, 2.05) is 4.90 Å². The van der Waals surface area contributed by atoms with Crippen LogP contribution >= 0.6 is 0 Å². The number of hydrogen-bond acceptors (Lipinski definition) is 7. The molecule has 1 amide bonds. The summed E-state index contributed by atoms with van der Waals surface area (Å²) < 4.78 is 67.5. The zero-order chi connectivity index (χ0) is 25.5. The number of carbonyl (C=O) groups is 1. The second kappa shape index (κ2) is 9.13. The van der Waals surface area contributed by atoms with E-state index >= 15 is 0 Å². The highest BCUT2D eigenvalue weighted by molar-refractivity contribution is 5.79. The van der Waals surface area contributed by atoms with Crippen LogP contribution in [-0.4, -0.2) is 68.0 Å². The van der Waals surface area contributed by atoms with E-state index in [0.717, 1.165) is 23.6 Å². The molecule has 5 rings (SSSR count). The Kier molecular flexibility index (Phi) is 6.12. The fraction of sp³-hybridized carbons (Fsp3) is 0.500. The predicted molar refractivity (Wildman–Crippen MR) is 116 cm³/mol. The maximum atomic E-state index is 12.8. The second-order valence-corrected chi connectivity index (χ2v) is 9.12. The van der Waals surface area contributed by atoms with Crippen LogP contribution in [0.5, 0.6) is 5.88 Å². The highest BCUT2D eigenvalue weighted by atomic mass is 19.4. The van der Waals surface area contributed by atoms with Gasteiger partial charge in [-0.2, -0.15) is 5.10 Å². The number of nitrogens with zero attached hydrogens (tertiary/aromatic N) is 7. The van der Waals surface area contributed by atoms with Gasteiger partial charge in [-0.15, -0.1) is 13.2 Å². The van der Waals surface area contributed by atoms with Gasteiger partial charge in [0.25, 0.3) is 6.43 Å². The van der Waals surface area contributed by atoms with Crippen molar-refractivity contribution in [3.8, 4) is 5.88 Å². The molecule has 9 nitrogen and oxygen atoms in total. The Labute approximate surface area is 201 Å². The summed E-state index contributed by atoms with van der Waals surface area (Å²) in [7, 11) is 0. The smallest absolute Gasteiger partial charge is 0.388 e. The lowest BCUT2D eigenvalue weighted by molar-refractivity contribution is -0.276. The Balaban J connectivity index is 1.21. The molecule has 5 heterocycles. The van der Waals surface area contributed by atoms with Gasteiger partial charge < -0.3 is 14.5 Å². The summed E-state index contributed by atoms with van der Waals surface area (Å²) in [5.41, 5.74) is 1.14. The Bertz CT molecular complexity index is 1240. The molecule has 0 saturated carbocycles. The van der Waals surface area contributed by atoms with Gasteiger partial charge in [0.1, 0.15) is 17.9 Å². The number of alkyl halides is 5. The number of amides is 1. The first-order valence-electron chi connectivity index (χ1n) is 11.3. The first-order chi connectivity index (χ1) is 17.1. The number of aromatic nitrogens is 5. The van der Waals surface area contributed by atoms with E-state index in [2.05, 4.69) is 24.8 Å². The van der Waals surface area contributed by atoms with Crippen molar-refractivity contribution in [2.75, 3.05) is 24.5 Å². The molecule has 14 heteroatoms. The van der Waals surface area contributed by atoms with Crippen LogP contribution in [0.3, 0.4) is 0 Å². The maximum Gasteiger partial charge on any atom is 0.574 e. The number of carbonyl (C=O) groups excluding carboxylic acids is 1. The molecule has 36 heavy (non-hydrogen) atoms. The van der Waals surface area contributed by atoms with Crippen molar-refractivity contribution in [1.82, 2.24) is 29.6 Å². The topological polar surface area (TPSA) is 89.3 Å². The van der Waals surface area contributed by atoms with Gasteiger partial charge in [0.2, 0.25) is 11.8 Å². The Morgan fingerprint density at radius 1 is 1.08 bits per heavy atom. The summed E-state index contributed by atoms with van der Waals surface area (Å²) in [6.07, 6.45) is -1.26. The van der Waals surface area contributed by atoms with E-state index in [-0.39, 0.29) is 17.9 Å². The average Bonchev–Trinajstić information content (AvgIpc) is 3.34. The van der Waals surface area contributed by atoms with E-state index in [1.54, 1.807) is 11.1 Å². The van der Waals surface area contributed by atoms with E-state index in [9.17, 15) is 26.7 Å². The summed E-state index contributed by atoms with van der Waals surface area (Å²) in [6, 6.07) is 2.59. The molecule has 0 radical (unpaired) electrons. The van der Waals surface area contributed by atoms with Crippen molar-refractivity contribution in [3.63, 3.8) is 0 Å². The Morgan fingerprint density at radius 3 is 2.53 bits per heavy atom. The molecule has 0 unspecified atom stereocenters. The van der Waals surface area contributed by atoms with Crippen LogP contribution in [0.15, 0.2) is 30.7 Å². The molecule has 192 valence electrons. The predicted octanol–water partition coefficient (Wildman–Crippen LogP) is 3.40. The van der Waals surface area contributed by atoms with Crippen LogP contribution < -0.4 is 9.64 Å². The van der Waals surface area contributed by atoms with Crippen LogP contribution in [-0.2, 0) is 17.9 Å². The third-order valence-electron chi connectivity index (χ3n) is 6.59. The standard InChI is InChI=1S/C22H22F5N7O2/c23-16(24)12-34-20-15(9-30-34)28-10-17(31-20)32-5-3-21(4-6-32)7-19(35)33(13-21)11-14-1-2-18(29-8-14)36-22(25,26)27/h1-2,8-10,16H,3-7,11-13H2. The van der Waals surface area contributed by atoms with Gasteiger partial charge in [-0.1, -0.05) is 6.07 Å². The quantitative estimate of drug-likeness (QED) is 0.469. The second-order valence-electron chi connectivity index (χ2n) is 9.12. The van der Waals surface area contributed by atoms with Crippen molar-refractivity contribution < 1.29 is 31.5 Å². The van der Waals surface area contributed by atoms with Crippen molar-refractivity contribution in [2.24, 2.45) is 5.41 Å². The van der Waals surface area contributed by atoms with E-state index in [0.29, 0.717) is 48.6 Å². The molecule has 3 aromatic rings. The molecule has 0 aliphatic carbocycles. The molecule has 2 aliphatic rings. The lowest BCUT2D eigenvalue weighted by atomic mass is 9.77. The fourth-order valence-electron chi connectivity index (χ4n) is 4.83. The third-order valence-corrected chi connectivity index (χ3v) is 6.59. The first-order valence-corrected chi connectivity index (χ1v) is 11.3. The number of hydrogen-bond donors (Lipinski definition) is 0. The van der Waals surface area contributed by atoms with E-state index in [4.69, 9.17) is 0 Å². The molecule has 2 aliphatic heterocycles. The number of piperidine rings is 1. The maximum absolute atomic E-state index is 12.8. The molecule has 0 bridgehead atoms. The minimum Gasteiger partial charge on any atom is -0.388 e. The van der Waals surface area contributed by atoms with Gasteiger partial charge in [-0.05, 0) is 18.4 Å². The summed E-state index contributed by atoms with van der Waals surface area (Å²) in [4.78, 5) is 28.9. The van der Waals surface area contributed by atoms with Crippen LogP contribution in [0.2, 0.25) is 0 Å². The summed E-state index contributed by atoms with van der Waals surface area (Å²) >= 11 is 0. The van der Waals surface area contributed by atoms with E-state index < -0.39 is 25.2 Å². The number of anilines is 1. The summed E-state index contributed by atoms with van der Waals surface area (Å²) in [5.74, 6) is -0.000602. The third kappa shape index (κ3) is 5.16. The van der Waals surface area contributed by atoms with Crippen LogP contribution in [0.25, 0.3) is 11.2 Å². The zero-order valence-corrected chi connectivity index (χ0v) is 19.0. The highest BCUT2D eigenvalue weighted by Crippen LogP contribution is 2.42. The molecule has 1 spiro atoms. The van der Waals surface area contributed by atoms with E-state index in [1.165, 1.54) is 18.5 Å². The number of ether oxygens (including phenoxy) is 1.